The lowest BCUT2D eigenvalue weighted by atomic mass is 9.90. The first kappa shape index (κ1) is 13.0. The number of ether oxygens (including phenoxy) is 1. The van der Waals surface area contributed by atoms with Gasteiger partial charge in [0, 0.05) is 12.3 Å². The Morgan fingerprint density at radius 2 is 2.17 bits per heavy atom. The van der Waals surface area contributed by atoms with Gasteiger partial charge in [-0.1, -0.05) is 6.92 Å². The number of aliphatic hydroxyl groups is 2. The Morgan fingerprint density at radius 3 is 2.67 bits per heavy atom. The van der Waals surface area contributed by atoms with Crippen molar-refractivity contribution in [1.82, 2.24) is 9.55 Å². The molecule has 1 aromatic heterocycles. The number of hydrogen-bond donors (Lipinski definition) is 3. The fraction of sp³-hybridized carbons (Fsp3) is 0.636. The van der Waals surface area contributed by atoms with Crippen LogP contribution in [-0.4, -0.2) is 38.6 Å². The zero-order valence-electron chi connectivity index (χ0n) is 10.00. The van der Waals surface area contributed by atoms with Gasteiger partial charge >= 0.3 is 5.69 Å². The molecule has 7 nitrogen and oxygen atoms in total. The number of nitrogens with one attached hydrogen (secondary N) is 1. The molecule has 1 saturated heterocycles. The normalized spacial score (nSPS) is 26.4. The monoisotopic (exact) mass is 256 g/mol. The summed E-state index contributed by atoms with van der Waals surface area (Å²) in [6.45, 7) is 1.20. The van der Waals surface area contributed by atoms with Gasteiger partial charge in [0.25, 0.3) is 5.56 Å². The predicted molar refractivity (Wildman–Crippen MR) is 62.1 cm³/mol. The molecule has 2 atom stereocenters. The largest absolute Gasteiger partial charge is 0.393 e. The minimum absolute atomic E-state index is 0.101. The van der Waals surface area contributed by atoms with Crippen molar-refractivity contribution in [3.8, 4) is 0 Å². The lowest BCUT2D eigenvalue weighted by Crippen LogP contribution is -2.42. The summed E-state index contributed by atoms with van der Waals surface area (Å²) in [5, 5.41) is 18.7. The van der Waals surface area contributed by atoms with Crippen LogP contribution in [0.25, 0.3) is 0 Å². The fourth-order valence-corrected chi connectivity index (χ4v) is 2.21. The quantitative estimate of drug-likeness (QED) is 0.631. The second-order valence-electron chi connectivity index (χ2n) is 4.61. The molecule has 100 valence electrons. The van der Waals surface area contributed by atoms with Crippen molar-refractivity contribution in [1.29, 1.82) is 0 Å². The van der Waals surface area contributed by atoms with Gasteiger partial charge in [-0.3, -0.25) is 14.3 Å². The maximum Gasteiger partial charge on any atom is 0.330 e. The third-order valence-corrected chi connectivity index (χ3v) is 3.52. The summed E-state index contributed by atoms with van der Waals surface area (Å²) in [6.07, 6.45) is 1.24. The summed E-state index contributed by atoms with van der Waals surface area (Å²) in [7, 11) is 0. The van der Waals surface area contributed by atoms with Crippen LogP contribution in [0, 0.1) is 5.92 Å². The number of nitrogens with zero attached hydrogens (tertiary/aromatic N) is 1. The Hall–Kier alpha value is -1.44. The van der Waals surface area contributed by atoms with Crippen molar-refractivity contribution >= 4 is 0 Å². The summed E-state index contributed by atoms with van der Waals surface area (Å²) >= 11 is 0. The highest BCUT2D eigenvalue weighted by Crippen LogP contribution is 2.39. The van der Waals surface area contributed by atoms with Crippen LogP contribution in [0.5, 0.6) is 0 Å². The molecule has 0 bridgehead atoms. The van der Waals surface area contributed by atoms with E-state index in [1.54, 1.807) is 0 Å². The molecule has 18 heavy (non-hydrogen) atoms. The molecule has 0 saturated carbocycles. The number of rotatable bonds is 3. The Kier molecular flexibility index (Phi) is 3.38. The van der Waals surface area contributed by atoms with Crippen LogP contribution in [-0.2, 0) is 4.74 Å². The summed E-state index contributed by atoms with van der Waals surface area (Å²) in [5.41, 5.74) is -2.08. The zero-order valence-corrected chi connectivity index (χ0v) is 10.00. The SMILES string of the molecule is C[C@H]1C[C@H](n2ccc(=O)[nH]c2=O)OC1(CO)CO. The van der Waals surface area contributed by atoms with Crippen LogP contribution in [0.2, 0.25) is 0 Å². The summed E-state index contributed by atoms with van der Waals surface area (Å²) in [4.78, 5) is 24.7. The highest BCUT2D eigenvalue weighted by atomic mass is 16.6. The number of aliphatic hydroxyl groups excluding tert-OH is 2. The van der Waals surface area contributed by atoms with E-state index in [1.165, 1.54) is 16.8 Å². The molecule has 0 aliphatic carbocycles. The lowest BCUT2D eigenvalue weighted by molar-refractivity contribution is -0.134. The van der Waals surface area contributed by atoms with Crippen molar-refractivity contribution in [3.63, 3.8) is 0 Å². The molecule has 2 heterocycles. The fourth-order valence-electron chi connectivity index (χ4n) is 2.21. The topological polar surface area (TPSA) is 105 Å². The van der Waals surface area contributed by atoms with Crippen LogP contribution in [0.15, 0.2) is 21.9 Å². The van der Waals surface area contributed by atoms with Gasteiger partial charge in [-0.2, -0.15) is 0 Å². The van der Waals surface area contributed by atoms with Crippen molar-refractivity contribution < 1.29 is 14.9 Å². The van der Waals surface area contributed by atoms with Crippen LogP contribution < -0.4 is 11.2 Å². The molecule has 0 amide bonds. The third kappa shape index (κ3) is 2.00. The first-order chi connectivity index (χ1) is 8.52. The smallest absolute Gasteiger partial charge is 0.330 e. The van der Waals surface area contributed by atoms with Crippen LogP contribution in [0.3, 0.4) is 0 Å². The van der Waals surface area contributed by atoms with Gasteiger partial charge in [-0.05, 0) is 12.3 Å². The second kappa shape index (κ2) is 4.68. The molecule has 0 radical (unpaired) electrons. The zero-order chi connectivity index (χ0) is 13.3. The van der Waals surface area contributed by atoms with E-state index in [0.29, 0.717) is 6.42 Å². The van der Waals surface area contributed by atoms with Gasteiger partial charge in [0.2, 0.25) is 0 Å². The molecule has 1 aliphatic heterocycles. The molecule has 0 unspecified atom stereocenters. The summed E-state index contributed by atoms with van der Waals surface area (Å²) < 4.78 is 6.86. The molecule has 1 aromatic rings. The van der Waals surface area contributed by atoms with Crippen LogP contribution in [0.4, 0.5) is 0 Å². The summed E-state index contributed by atoms with van der Waals surface area (Å²) in [5.74, 6) is -0.101. The molecular formula is C11H16N2O5. The average Bonchev–Trinajstić information content (AvgIpc) is 2.67. The summed E-state index contributed by atoms with van der Waals surface area (Å²) in [6, 6.07) is 1.23. The molecule has 0 spiro atoms. The number of hydrogen-bond acceptors (Lipinski definition) is 5. The maximum atomic E-state index is 11.6. The minimum atomic E-state index is -1.04. The van der Waals surface area contributed by atoms with Gasteiger partial charge in [-0.25, -0.2) is 4.79 Å². The van der Waals surface area contributed by atoms with Crippen LogP contribution in [0.1, 0.15) is 19.6 Å². The number of H-pyrrole nitrogens is 1. The molecular weight excluding hydrogens is 240 g/mol. The average molecular weight is 256 g/mol. The van der Waals surface area contributed by atoms with E-state index < -0.39 is 23.1 Å². The van der Waals surface area contributed by atoms with E-state index in [-0.39, 0.29) is 19.1 Å². The van der Waals surface area contributed by atoms with E-state index >= 15 is 0 Å². The second-order valence-corrected chi connectivity index (χ2v) is 4.61. The van der Waals surface area contributed by atoms with E-state index in [9.17, 15) is 19.8 Å². The van der Waals surface area contributed by atoms with E-state index in [4.69, 9.17) is 4.74 Å². The van der Waals surface area contributed by atoms with Crippen LogP contribution >= 0.6 is 0 Å². The number of aromatic amines is 1. The lowest BCUT2D eigenvalue weighted by Gasteiger charge is -2.28. The number of aromatic nitrogens is 2. The molecule has 7 heteroatoms. The highest BCUT2D eigenvalue weighted by Gasteiger charge is 2.46. The molecule has 1 aliphatic rings. The van der Waals surface area contributed by atoms with Gasteiger partial charge in [0.1, 0.15) is 11.8 Å². The Balaban J connectivity index is 2.32. The minimum Gasteiger partial charge on any atom is -0.393 e. The third-order valence-electron chi connectivity index (χ3n) is 3.52. The van der Waals surface area contributed by atoms with Crippen molar-refractivity contribution in [2.75, 3.05) is 13.2 Å². The van der Waals surface area contributed by atoms with Gasteiger partial charge in [0.05, 0.1) is 13.2 Å². The van der Waals surface area contributed by atoms with E-state index in [1.807, 2.05) is 6.92 Å². The molecule has 1 fully saturated rings. The standard InChI is InChI=1S/C11H16N2O5/c1-7-4-9(18-11(7,5-14)6-15)13-3-2-8(16)12-10(13)17/h2-3,7,9,14-15H,4-6H2,1H3,(H,12,16,17)/t7-,9+/m0/s1. The Bertz CT molecular complexity index is 531. The van der Waals surface area contributed by atoms with Gasteiger partial charge < -0.3 is 14.9 Å². The molecule has 0 aromatic carbocycles. The first-order valence-corrected chi connectivity index (χ1v) is 5.73. The highest BCUT2D eigenvalue weighted by molar-refractivity contribution is 4.94. The maximum absolute atomic E-state index is 11.6. The molecule has 3 N–H and O–H groups in total. The predicted octanol–water partition coefficient (Wildman–Crippen LogP) is -1.19. The van der Waals surface area contributed by atoms with Gasteiger partial charge in [-0.15, -0.1) is 0 Å². The van der Waals surface area contributed by atoms with E-state index in [2.05, 4.69) is 4.98 Å². The molecule has 2 rings (SSSR count). The first-order valence-electron chi connectivity index (χ1n) is 5.73. The van der Waals surface area contributed by atoms with Gasteiger partial charge in [0.15, 0.2) is 0 Å². The Labute approximate surface area is 103 Å². The van der Waals surface area contributed by atoms with Crippen molar-refractivity contribution in [2.24, 2.45) is 5.92 Å². The van der Waals surface area contributed by atoms with Crippen molar-refractivity contribution in [2.45, 2.75) is 25.2 Å². The van der Waals surface area contributed by atoms with E-state index in [0.717, 1.165) is 0 Å². The Morgan fingerprint density at radius 1 is 1.50 bits per heavy atom. The van der Waals surface area contributed by atoms with Crippen molar-refractivity contribution in [3.05, 3.63) is 33.1 Å².